The van der Waals surface area contributed by atoms with Crippen molar-refractivity contribution in [3.63, 3.8) is 0 Å². The Hall–Kier alpha value is -2.20. The Morgan fingerprint density at radius 3 is 2.90 bits per heavy atom. The molecule has 1 fully saturated rings. The van der Waals surface area contributed by atoms with Crippen LogP contribution in [0.25, 0.3) is 16.6 Å². The molecule has 1 aliphatic rings. The minimum atomic E-state index is 0.691. The number of para-hydroxylation sites is 1. The van der Waals surface area contributed by atoms with Gasteiger partial charge in [-0.3, -0.25) is 4.98 Å². The van der Waals surface area contributed by atoms with Gasteiger partial charge in [0.05, 0.1) is 16.9 Å². The Kier molecular flexibility index (Phi) is 2.97. The average molecular weight is 278 g/mol. The first-order chi connectivity index (χ1) is 10.3. The molecule has 0 bridgehead atoms. The zero-order chi connectivity index (χ0) is 14.2. The smallest absolute Gasteiger partial charge is 0.110 e. The van der Waals surface area contributed by atoms with E-state index in [0.29, 0.717) is 6.04 Å². The van der Waals surface area contributed by atoms with Crippen molar-refractivity contribution in [2.75, 3.05) is 0 Å². The maximum Gasteiger partial charge on any atom is 0.110 e. The number of aromatic nitrogens is 3. The predicted molar refractivity (Wildman–Crippen MR) is 83.5 cm³/mol. The third-order valence-electron chi connectivity index (χ3n) is 3.98. The molecule has 0 saturated heterocycles. The van der Waals surface area contributed by atoms with Crippen LogP contribution in [0.5, 0.6) is 0 Å². The lowest BCUT2D eigenvalue weighted by atomic mass is 10.1. The average Bonchev–Trinajstić information content (AvgIpc) is 3.25. The van der Waals surface area contributed by atoms with E-state index in [-0.39, 0.29) is 0 Å². The number of rotatable bonds is 4. The van der Waals surface area contributed by atoms with Crippen LogP contribution >= 0.6 is 0 Å². The highest BCUT2D eigenvalue weighted by molar-refractivity contribution is 5.87. The van der Waals surface area contributed by atoms with Gasteiger partial charge in [0.15, 0.2) is 0 Å². The van der Waals surface area contributed by atoms with E-state index in [0.717, 1.165) is 34.7 Å². The zero-order valence-corrected chi connectivity index (χ0v) is 12.1. The lowest BCUT2D eigenvalue weighted by Gasteiger charge is -2.12. The number of hydrogen-bond acceptors (Lipinski definition) is 3. The van der Waals surface area contributed by atoms with Gasteiger partial charge in [0.25, 0.3) is 0 Å². The second kappa shape index (κ2) is 4.97. The van der Waals surface area contributed by atoms with Crippen LogP contribution in [0.2, 0.25) is 0 Å². The second-order valence-corrected chi connectivity index (χ2v) is 5.65. The van der Waals surface area contributed by atoms with Crippen LogP contribution in [0, 0.1) is 6.92 Å². The molecule has 3 aromatic rings. The van der Waals surface area contributed by atoms with Crippen molar-refractivity contribution >= 4 is 10.9 Å². The van der Waals surface area contributed by atoms with Gasteiger partial charge in [0, 0.05) is 30.4 Å². The summed E-state index contributed by atoms with van der Waals surface area (Å²) in [5, 5.41) is 4.70. The Bertz CT molecular complexity index is 786. The summed E-state index contributed by atoms with van der Waals surface area (Å²) in [5.41, 5.74) is 3.28. The highest BCUT2D eigenvalue weighted by Crippen LogP contribution is 2.24. The van der Waals surface area contributed by atoms with Crippen LogP contribution in [0.1, 0.15) is 24.4 Å². The van der Waals surface area contributed by atoms with Gasteiger partial charge < -0.3 is 9.88 Å². The molecule has 4 nitrogen and oxygen atoms in total. The summed E-state index contributed by atoms with van der Waals surface area (Å²) in [4.78, 5) is 9.12. The van der Waals surface area contributed by atoms with Crippen molar-refractivity contribution in [3.05, 3.63) is 54.2 Å². The summed E-state index contributed by atoms with van der Waals surface area (Å²) >= 11 is 0. The number of hydrogen-bond donors (Lipinski definition) is 1. The van der Waals surface area contributed by atoms with Crippen molar-refractivity contribution in [2.24, 2.45) is 0 Å². The van der Waals surface area contributed by atoms with Crippen molar-refractivity contribution < 1.29 is 0 Å². The lowest BCUT2D eigenvalue weighted by Crippen LogP contribution is -2.16. The number of aryl methyl sites for hydroxylation is 1. The molecule has 106 valence electrons. The molecule has 0 amide bonds. The zero-order valence-electron chi connectivity index (χ0n) is 12.1. The Balaban J connectivity index is 1.83. The Labute approximate surface area is 123 Å². The molecule has 0 spiro atoms. The summed E-state index contributed by atoms with van der Waals surface area (Å²) in [6.45, 7) is 2.85. The van der Waals surface area contributed by atoms with Gasteiger partial charge in [0.2, 0.25) is 0 Å². The molecule has 0 radical (unpaired) electrons. The van der Waals surface area contributed by atoms with Gasteiger partial charge in [0.1, 0.15) is 5.82 Å². The first kappa shape index (κ1) is 12.5. The number of imidazole rings is 1. The van der Waals surface area contributed by atoms with Crippen molar-refractivity contribution in [3.8, 4) is 5.69 Å². The van der Waals surface area contributed by atoms with Crippen LogP contribution < -0.4 is 5.32 Å². The Morgan fingerprint density at radius 2 is 2.14 bits per heavy atom. The minimum Gasteiger partial charge on any atom is -0.308 e. The van der Waals surface area contributed by atoms with Gasteiger partial charge in [-0.25, -0.2) is 4.98 Å². The normalized spacial score (nSPS) is 14.7. The fourth-order valence-electron chi connectivity index (χ4n) is 2.67. The minimum absolute atomic E-state index is 0.691. The SMILES string of the molecule is Cc1nccn1-c1cc(CNC2CC2)nc2ccccc12. The lowest BCUT2D eigenvalue weighted by molar-refractivity contribution is 0.676. The molecule has 1 aliphatic carbocycles. The summed E-state index contributed by atoms with van der Waals surface area (Å²) in [6.07, 6.45) is 6.43. The molecule has 4 heteroatoms. The van der Waals surface area contributed by atoms with E-state index >= 15 is 0 Å². The molecule has 0 atom stereocenters. The van der Waals surface area contributed by atoms with Gasteiger partial charge in [-0.05, 0) is 31.9 Å². The molecular weight excluding hydrogens is 260 g/mol. The van der Waals surface area contributed by atoms with Crippen LogP contribution in [0.15, 0.2) is 42.7 Å². The van der Waals surface area contributed by atoms with Crippen LogP contribution in [-0.4, -0.2) is 20.6 Å². The molecule has 0 aliphatic heterocycles. The number of nitrogens with one attached hydrogen (secondary N) is 1. The fourth-order valence-corrected chi connectivity index (χ4v) is 2.67. The highest BCUT2D eigenvalue weighted by Gasteiger charge is 2.20. The molecule has 4 rings (SSSR count). The maximum absolute atomic E-state index is 4.78. The molecule has 21 heavy (non-hydrogen) atoms. The number of nitrogens with zero attached hydrogens (tertiary/aromatic N) is 3. The van der Waals surface area contributed by atoms with Crippen molar-refractivity contribution in [1.29, 1.82) is 0 Å². The number of pyridine rings is 1. The highest BCUT2D eigenvalue weighted by atomic mass is 15.1. The van der Waals surface area contributed by atoms with E-state index in [1.807, 2.05) is 25.4 Å². The predicted octanol–water partition coefficient (Wildman–Crippen LogP) is 2.98. The molecule has 1 aromatic carbocycles. The van der Waals surface area contributed by atoms with E-state index in [4.69, 9.17) is 4.98 Å². The topological polar surface area (TPSA) is 42.7 Å². The summed E-state index contributed by atoms with van der Waals surface area (Å²) in [7, 11) is 0. The van der Waals surface area contributed by atoms with E-state index < -0.39 is 0 Å². The van der Waals surface area contributed by atoms with E-state index in [1.165, 1.54) is 12.8 Å². The third-order valence-corrected chi connectivity index (χ3v) is 3.98. The van der Waals surface area contributed by atoms with E-state index in [1.54, 1.807) is 0 Å². The standard InChI is InChI=1S/C17H18N4/c1-12-18-8-9-21(12)17-10-14(11-19-13-6-7-13)20-16-5-3-2-4-15(16)17/h2-5,8-10,13,19H,6-7,11H2,1H3. The van der Waals surface area contributed by atoms with Gasteiger partial charge >= 0.3 is 0 Å². The van der Waals surface area contributed by atoms with Crippen LogP contribution in [0.3, 0.4) is 0 Å². The second-order valence-electron chi connectivity index (χ2n) is 5.65. The van der Waals surface area contributed by atoms with Crippen molar-refractivity contribution in [1.82, 2.24) is 19.9 Å². The van der Waals surface area contributed by atoms with Gasteiger partial charge in [-0.1, -0.05) is 18.2 Å². The summed E-state index contributed by atoms with van der Waals surface area (Å²) in [5.74, 6) is 0.993. The molecule has 1 saturated carbocycles. The van der Waals surface area contributed by atoms with Crippen molar-refractivity contribution in [2.45, 2.75) is 32.4 Å². The van der Waals surface area contributed by atoms with Gasteiger partial charge in [-0.2, -0.15) is 0 Å². The Morgan fingerprint density at radius 1 is 1.29 bits per heavy atom. The largest absolute Gasteiger partial charge is 0.308 e. The summed E-state index contributed by atoms with van der Waals surface area (Å²) < 4.78 is 2.13. The van der Waals surface area contributed by atoms with Gasteiger partial charge in [-0.15, -0.1) is 0 Å². The maximum atomic E-state index is 4.78. The molecular formula is C17H18N4. The molecule has 2 heterocycles. The van der Waals surface area contributed by atoms with E-state index in [9.17, 15) is 0 Å². The van der Waals surface area contributed by atoms with E-state index in [2.05, 4.69) is 39.1 Å². The molecule has 2 aromatic heterocycles. The number of fused-ring (bicyclic) bond motifs is 1. The van der Waals surface area contributed by atoms with Crippen LogP contribution in [0.4, 0.5) is 0 Å². The van der Waals surface area contributed by atoms with Crippen LogP contribution in [-0.2, 0) is 6.54 Å². The fraction of sp³-hybridized carbons (Fsp3) is 0.294. The number of benzene rings is 1. The first-order valence-corrected chi connectivity index (χ1v) is 7.43. The quantitative estimate of drug-likeness (QED) is 0.798. The first-order valence-electron chi connectivity index (χ1n) is 7.43. The third kappa shape index (κ3) is 2.43. The monoisotopic (exact) mass is 278 g/mol. The molecule has 0 unspecified atom stereocenters. The molecule has 1 N–H and O–H groups in total. The summed E-state index contributed by atoms with van der Waals surface area (Å²) in [6, 6.07) is 11.2.